The molecule has 0 aliphatic carbocycles. The molecule has 34 heavy (non-hydrogen) atoms. The first-order valence-corrected chi connectivity index (χ1v) is 11.0. The SMILES string of the molecule is CCOc1ccc(-c2coc3cc(OC)c(/C(C)=C/C(=O)Nc4ccc(OC)cc4)cc23)cc1. The van der Waals surface area contributed by atoms with Gasteiger partial charge in [0.05, 0.1) is 27.1 Å². The summed E-state index contributed by atoms with van der Waals surface area (Å²) in [7, 11) is 3.21. The number of rotatable bonds is 8. The van der Waals surface area contributed by atoms with Crippen molar-refractivity contribution in [1.29, 1.82) is 0 Å². The Morgan fingerprint density at radius 2 is 1.68 bits per heavy atom. The molecule has 1 heterocycles. The minimum atomic E-state index is -0.233. The van der Waals surface area contributed by atoms with Crippen molar-refractivity contribution in [3.05, 3.63) is 78.6 Å². The van der Waals surface area contributed by atoms with Gasteiger partial charge in [0.2, 0.25) is 5.91 Å². The van der Waals surface area contributed by atoms with Gasteiger partial charge >= 0.3 is 0 Å². The van der Waals surface area contributed by atoms with Gasteiger partial charge in [0.25, 0.3) is 0 Å². The van der Waals surface area contributed by atoms with E-state index in [1.165, 1.54) is 0 Å². The van der Waals surface area contributed by atoms with Crippen molar-refractivity contribution in [2.45, 2.75) is 13.8 Å². The monoisotopic (exact) mass is 457 g/mol. The Labute approximate surface area is 198 Å². The fourth-order valence-corrected chi connectivity index (χ4v) is 3.78. The number of hydrogen-bond acceptors (Lipinski definition) is 5. The molecule has 0 aliphatic heterocycles. The standard InChI is InChI=1S/C28H27NO5/c1-5-33-22-10-6-19(7-11-22)25-17-34-27-16-26(32-4)23(15-24(25)27)18(2)14-28(30)29-20-8-12-21(31-3)13-9-20/h6-17H,5H2,1-4H3,(H,29,30)/b18-14+. The summed E-state index contributed by atoms with van der Waals surface area (Å²) in [4.78, 5) is 12.6. The van der Waals surface area contributed by atoms with Gasteiger partial charge in [-0.1, -0.05) is 12.1 Å². The van der Waals surface area contributed by atoms with Crippen LogP contribution in [0.3, 0.4) is 0 Å². The van der Waals surface area contributed by atoms with Crippen molar-refractivity contribution in [3.8, 4) is 28.4 Å². The van der Waals surface area contributed by atoms with Crippen molar-refractivity contribution in [1.82, 2.24) is 0 Å². The van der Waals surface area contributed by atoms with Gasteiger partial charge < -0.3 is 23.9 Å². The molecule has 6 heteroatoms. The smallest absolute Gasteiger partial charge is 0.248 e. The number of carbonyl (C=O) groups excluding carboxylic acids is 1. The predicted octanol–water partition coefficient (Wildman–Crippen LogP) is 6.56. The molecular weight excluding hydrogens is 430 g/mol. The summed E-state index contributed by atoms with van der Waals surface area (Å²) in [6.07, 6.45) is 3.30. The van der Waals surface area contributed by atoms with Crippen LogP contribution >= 0.6 is 0 Å². The van der Waals surface area contributed by atoms with Crippen LogP contribution < -0.4 is 19.5 Å². The van der Waals surface area contributed by atoms with Crippen molar-refractivity contribution in [2.24, 2.45) is 0 Å². The lowest BCUT2D eigenvalue weighted by molar-refractivity contribution is -0.111. The van der Waals surface area contributed by atoms with Gasteiger partial charge in [-0.15, -0.1) is 0 Å². The Hall–Kier alpha value is -4.19. The maximum atomic E-state index is 12.6. The normalized spacial score (nSPS) is 11.4. The van der Waals surface area contributed by atoms with Gasteiger partial charge in [0, 0.05) is 34.3 Å². The van der Waals surface area contributed by atoms with E-state index in [4.69, 9.17) is 18.6 Å². The van der Waals surface area contributed by atoms with E-state index >= 15 is 0 Å². The number of amides is 1. The third-order valence-corrected chi connectivity index (χ3v) is 5.50. The molecule has 0 radical (unpaired) electrons. The predicted molar refractivity (Wildman–Crippen MR) is 135 cm³/mol. The number of hydrogen-bond donors (Lipinski definition) is 1. The van der Waals surface area contributed by atoms with Gasteiger partial charge in [0.15, 0.2) is 0 Å². The molecule has 0 unspecified atom stereocenters. The molecule has 0 bridgehead atoms. The highest BCUT2D eigenvalue weighted by Crippen LogP contribution is 2.37. The number of carbonyl (C=O) groups is 1. The summed E-state index contributed by atoms with van der Waals surface area (Å²) in [5, 5.41) is 3.81. The zero-order valence-electron chi connectivity index (χ0n) is 19.7. The van der Waals surface area contributed by atoms with Crippen LogP contribution in [-0.4, -0.2) is 26.7 Å². The lowest BCUT2D eigenvalue weighted by Gasteiger charge is -2.10. The van der Waals surface area contributed by atoms with E-state index in [2.05, 4.69) is 5.32 Å². The average molecular weight is 458 g/mol. The van der Waals surface area contributed by atoms with Crippen molar-refractivity contribution < 1.29 is 23.4 Å². The number of allylic oxidation sites excluding steroid dienone is 1. The highest BCUT2D eigenvalue weighted by Gasteiger charge is 2.15. The first kappa shape index (κ1) is 23.0. The number of furan rings is 1. The van der Waals surface area contributed by atoms with Crippen molar-refractivity contribution in [3.63, 3.8) is 0 Å². The molecule has 1 amide bonds. The largest absolute Gasteiger partial charge is 0.497 e. The topological polar surface area (TPSA) is 69.9 Å². The molecule has 4 aromatic rings. The molecule has 0 fully saturated rings. The summed E-state index contributed by atoms with van der Waals surface area (Å²) in [6, 6.07) is 18.9. The second-order valence-corrected chi connectivity index (χ2v) is 7.70. The molecule has 174 valence electrons. The molecule has 1 aromatic heterocycles. The first-order chi connectivity index (χ1) is 16.5. The molecule has 1 N–H and O–H groups in total. The highest BCUT2D eigenvalue weighted by molar-refractivity contribution is 6.05. The minimum Gasteiger partial charge on any atom is -0.497 e. The zero-order valence-corrected chi connectivity index (χ0v) is 19.7. The molecular formula is C28H27NO5. The second kappa shape index (κ2) is 10.2. The van der Waals surface area contributed by atoms with Crippen molar-refractivity contribution >= 4 is 28.1 Å². The summed E-state index contributed by atoms with van der Waals surface area (Å²) in [6.45, 7) is 4.46. The number of fused-ring (bicyclic) bond motifs is 1. The van der Waals surface area contributed by atoms with Crippen LogP contribution in [0.15, 0.2) is 77.4 Å². The number of benzene rings is 3. The van der Waals surface area contributed by atoms with E-state index in [9.17, 15) is 4.79 Å². The fraction of sp³-hybridized carbons (Fsp3) is 0.179. The number of ether oxygens (including phenoxy) is 3. The van der Waals surface area contributed by atoms with Gasteiger partial charge in [0.1, 0.15) is 22.8 Å². The average Bonchev–Trinajstić information content (AvgIpc) is 3.27. The van der Waals surface area contributed by atoms with Gasteiger partial charge in [-0.2, -0.15) is 0 Å². The Kier molecular flexibility index (Phi) is 6.87. The molecule has 4 rings (SSSR count). The Balaban J connectivity index is 1.65. The van der Waals surface area contributed by atoms with Gasteiger partial charge in [-0.25, -0.2) is 0 Å². The summed E-state index contributed by atoms with van der Waals surface area (Å²) in [5.74, 6) is 1.95. The number of methoxy groups -OCH3 is 2. The quantitative estimate of drug-likeness (QED) is 0.304. The third kappa shape index (κ3) is 4.91. The third-order valence-electron chi connectivity index (χ3n) is 5.50. The van der Waals surface area contributed by atoms with Crippen molar-refractivity contribution in [2.75, 3.05) is 26.1 Å². The van der Waals surface area contributed by atoms with E-state index in [1.807, 2.05) is 50.2 Å². The van der Waals surface area contributed by atoms with E-state index < -0.39 is 0 Å². The maximum Gasteiger partial charge on any atom is 0.248 e. The molecule has 0 saturated carbocycles. The maximum absolute atomic E-state index is 12.6. The molecule has 0 saturated heterocycles. The van der Waals surface area contributed by atoms with E-state index in [1.54, 1.807) is 50.8 Å². The van der Waals surface area contributed by atoms with E-state index in [-0.39, 0.29) is 5.91 Å². The Morgan fingerprint density at radius 3 is 2.32 bits per heavy atom. The Morgan fingerprint density at radius 1 is 0.971 bits per heavy atom. The lowest BCUT2D eigenvalue weighted by atomic mass is 9.99. The highest BCUT2D eigenvalue weighted by atomic mass is 16.5. The lowest BCUT2D eigenvalue weighted by Crippen LogP contribution is -2.08. The van der Waals surface area contributed by atoms with Crippen LogP contribution in [0.4, 0.5) is 5.69 Å². The minimum absolute atomic E-state index is 0.233. The van der Waals surface area contributed by atoms with Crippen LogP contribution in [0.1, 0.15) is 19.4 Å². The van der Waals surface area contributed by atoms with Crippen LogP contribution in [0.5, 0.6) is 17.2 Å². The molecule has 0 spiro atoms. The molecule has 6 nitrogen and oxygen atoms in total. The van der Waals surface area contributed by atoms with Gasteiger partial charge in [-0.05, 0) is 67.4 Å². The molecule has 3 aromatic carbocycles. The number of anilines is 1. The van der Waals surface area contributed by atoms with Gasteiger partial charge in [-0.3, -0.25) is 4.79 Å². The fourth-order valence-electron chi connectivity index (χ4n) is 3.78. The molecule has 0 aliphatic rings. The summed E-state index contributed by atoms with van der Waals surface area (Å²) >= 11 is 0. The van der Waals surface area contributed by atoms with Crippen LogP contribution in [0, 0.1) is 0 Å². The summed E-state index contributed by atoms with van der Waals surface area (Å²) < 4.78 is 22.1. The summed E-state index contributed by atoms with van der Waals surface area (Å²) in [5.41, 5.74) is 4.94. The van der Waals surface area contributed by atoms with Crippen LogP contribution in [-0.2, 0) is 4.79 Å². The number of nitrogens with one attached hydrogen (secondary N) is 1. The first-order valence-electron chi connectivity index (χ1n) is 11.0. The second-order valence-electron chi connectivity index (χ2n) is 7.70. The van der Waals surface area contributed by atoms with Crippen LogP contribution in [0.25, 0.3) is 27.7 Å². The Bertz CT molecular complexity index is 1320. The van der Waals surface area contributed by atoms with Crippen LogP contribution in [0.2, 0.25) is 0 Å². The van der Waals surface area contributed by atoms with E-state index in [0.717, 1.165) is 39.1 Å². The van der Waals surface area contributed by atoms with E-state index in [0.29, 0.717) is 23.6 Å². The molecule has 0 atom stereocenters. The zero-order chi connectivity index (χ0) is 24.1.